The van der Waals surface area contributed by atoms with E-state index in [1.54, 1.807) is 36.7 Å². The number of aliphatic hydroxyl groups is 1. The summed E-state index contributed by atoms with van der Waals surface area (Å²) in [7, 11) is 0. The molecule has 0 radical (unpaired) electrons. The summed E-state index contributed by atoms with van der Waals surface area (Å²) < 4.78 is 5.42. The van der Waals surface area contributed by atoms with Crippen molar-refractivity contribution in [3.05, 3.63) is 88.3 Å². The summed E-state index contributed by atoms with van der Waals surface area (Å²) in [5.74, 6) is 0.126. The van der Waals surface area contributed by atoms with E-state index in [1.807, 2.05) is 30.3 Å². The summed E-state index contributed by atoms with van der Waals surface area (Å²) in [6.07, 6.45) is 3.23. The highest BCUT2D eigenvalue weighted by atomic mass is 35.5. The summed E-state index contributed by atoms with van der Waals surface area (Å²) in [5, 5.41) is 17.4. The average molecular weight is 442 g/mol. The van der Waals surface area contributed by atoms with Crippen LogP contribution in [0.15, 0.2) is 71.5 Å². The molecule has 152 valence electrons. The van der Waals surface area contributed by atoms with Crippen LogP contribution in [0.3, 0.4) is 0 Å². The molecule has 0 aliphatic heterocycles. The van der Waals surface area contributed by atoms with Crippen molar-refractivity contribution in [3.8, 4) is 22.5 Å². The fourth-order valence-electron chi connectivity index (χ4n) is 3.17. The largest absolute Gasteiger partial charge is 0.394 e. The molecule has 0 fully saturated rings. The molecule has 0 saturated carbocycles. The fourth-order valence-corrected chi connectivity index (χ4v) is 3.70. The maximum absolute atomic E-state index is 12.7. The molecule has 0 aliphatic carbocycles. The van der Waals surface area contributed by atoms with E-state index >= 15 is 0 Å². The maximum Gasteiger partial charge on any atom is 0.268 e. The van der Waals surface area contributed by atoms with E-state index in [9.17, 15) is 9.90 Å². The number of hydrogen-bond acceptors (Lipinski definition) is 4. The molecule has 0 bridgehead atoms. The summed E-state index contributed by atoms with van der Waals surface area (Å²) in [6.45, 7) is -0.217. The van der Waals surface area contributed by atoms with Gasteiger partial charge in [0, 0.05) is 27.4 Å². The first-order valence-corrected chi connectivity index (χ1v) is 9.87. The molecule has 0 spiro atoms. The number of rotatable bonds is 6. The van der Waals surface area contributed by atoms with Gasteiger partial charge in [-0.1, -0.05) is 58.7 Å². The van der Waals surface area contributed by atoms with Gasteiger partial charge in [-0.15, -0.1) is 0 Å². The number of aromatic nitrogens is 2. The van der Waals surface area contributed by atoms with Crippen LogP contribution in [-0.2, 0) is 0 Å². The Morgan fingerprint density at radius 2 is 1.83 bits per heavy atom. The average Bonchev–Trinajstić information content (AvgIpc) is 3.41. The van der Waals surface area contributed by atoms with Crippen LogP contribution in [0.5, 0.6) is 0 Å². The van der Waals surface area contributed by atoms with Crippen LogP contribution < -0.4 is 5.32 Å². The molecule has 2 aromatic heterocycles. The second-order valence-electron chi connectivity index (χ2n) is 6.65. The molecule has 8 heteroatoms. The molecular weight excluding hydrogens is 425 g/mol. The van der Waals surface area contributed by atoms with E-state index in [4.69, 9.17) is 27.7 Å². The van der Waals surface area contributed by atoms with Crippen LogP contribution in [-0.4, -0.2) is 27.8 Å². The first kappa shape index (κ1) is 20.2. The highest BCUT2D eigenvalue weighted by molar-refractivity contribution is 6.35. The van der Waals surface area contributed by atoms with Crippen molar-refractivity contribution in [2.45, 2.75) is 6.04 Å². The Hall–Kier alpha value is -3.06. The third kappa shape index (κ3) is 4.26. The van der Waals surface area contributed by atoms with Crippen LogP contribution in [0.25, 0.3) is 22.5 Å². The molecule has 4 aromatic rings. The fraction of sp³-hybridized carbons (Fsp3) is 0.0909. The van der Waals surface area contributed by atoms with E-state index in [0.29, 0.717) is 32.6 Å². The van der Waals surface area contributed by atoms with E-state index in [0.717, 1.165) is 11.1 Å². The van der Waals surface area contributed by atoms with Gasteiger partial charge in [-0.25, -0.2) is 0 Å². The van der Waals surface area contributed by atoms with Crippen molar-refractivity contribution in [1.82, 2.24) is 15.5 Å². The van der Waals surface area contributed by atoms with Crippen molar-refractivity contribution in [1.29, 1.82) is 0 Å². The minimum atomic E-state index is -0.514. The summed E-state index contributed by atoms with van der Waals surface area (Å²) in [6, 6.07) is 15.6. The number of benzene rings is 2. The van der Waals surface area contributed by atoms with Gasteiger partial charge in [0.15, 0.2) is 5.76 Å². The van der Waals surface area contributed by atoms with Gasteiger partial charge in [-0.2, -0.15) is 0 Å². The Morgan fingerprint density at radius 1 is 1.10 bits per heavy atom. The van der Waals surface area contributed by atoms with Crippen LogP contribution in [0.1, 0.15) is 22.1 Å². The van der Waals surface area contributed by atoms with Gasteiger partial charge in [0.2, 0.25) is 0 Å². The minimum Gasteiger partial charge on any atom is -0.394 e. The Kier molecular flexibility index (Phi) is 5.90. The molecule has 1 atom stereocenters. The van der Waals surface area contributed by atoms with Gasteiger partial charge in [-0.3, -0.25) is 4.79 Å². The Morgan fingerprint density at radius 3 is 2.53 bits per heavy atom. The van der Waals surface area contributed by atoms with Crippen LogP contribution in [0.4, 0.5) is 0 Å². The topological polar surface area (TPSA) is 91.2 Å². The molecule has 2 heterocycles. The number of halogens is 2. The van der Waals surface area contributed by atoms with Gasteiger partial charge in [0.1, 0.15) is 5.69 Å². The standard InChI is InChI=1S/C22H17Cl2N3O3/c23-16-6-14(7-17(24)9-16)18-11-26-30-21(18)15-8-19(25-10-15)22(29)27-20(12-28)13-4-2-1-3-5-13/h1-11,20,25,28H,12H2,(H,27,29)/t20-/m0/s1. The van der Waals surface area contributed by atoms with Gasteiger partial charge in [0.25, 0.3) is 5.91 Å². The molecule has 0 aliphatic rings. The lowest BCUT2D eigenvalue weighted by molar-refractivity contribution is 0.0912. The zero-order chi connectivity index (χ0) is 21.1. The number of carbonyl (C=O) groups excluding carboxylic acids is 1. The molecule has 3 N–H and O–H groups in total. The van der Waals surface area contributed by atoms with Crippen molar-refractivity contribution in [2.75, 3.05) is 6.61 Å². The van der Waals surface area contributed by atoms with Gasteiger partial charge in [0.05, 0.1) is 18.8 Å². The minimum absolute atomic E-state index is 0.217. The van der Waals surface area contributed by atoms with Crippen LogP contribution in [0, 0.1) is 0 Å². The van der Waals surface area contributed by atoms with Gasteiger partial charge in [-0.05, 0) is 35.4 Å². The number of nitrogens with one attached hydrogen (secondary N) is 2. The van der Waals surface area contributed by atoms with Crippen molar-refractivity contribution in [2.24, 2.45) is 0 Å². The quantitative estimate of drug-likeness (QED) is 0.387. The normalized spacial score (nSPS) is 12.0. The molecule has 1 amide bonds. The zero-order valence-electron chi connectivity index (χ0n) is 15.6. The number of carbonyl (C=O) groups is 1. The van der Waals surface area contributed by atoms with E-state index in [2.05, 4.69) is 15.5 Å². The number of amides is 1. The lowest BCUT2D eigenvalue weighted by Crippen LogP contribution is -2.30. The number of aliphatic hydroxyl groups excluding tert-OH is 1. The number of nitrogens with zero attached hydrogens (tertiary/aromatic N) is 1. The SMILES string of the molecule is O=C(N[C@@H](CO)c1ccccc1)c1cc(-c2oncc2-c2cc(Cl)cc(Cl)c2)c[nH]1. The molecule has 0 unspecified atom stereocenters. The maximum atomic E-state index is 12.7. The number of aromatic amines is 1. The highest BCUT2D eigenvalue weighted by Gasteiger charge is 2.19. The number of H-pyrrole nitrogens is 1. The van der Waals surface area contributed by atoms with Gasteiger partial charge >= 0.3 is 0 Å². The monoisotopic (exact) mass is 441 g/mol. The first-order valence-electron chi connectivity index (χ1n) is 9.11. The predicted molar refractivity (Wildman–Crippen MR) is 115 cm³/mol. The summed E-state index contributed by atoms with van der Waals surface area (Å²) in [5.41, 5.74) is 3.23. The van der Waals surface area contributed by atoms with Gasteiger partial charge < -0.3 is 19.9 Å². The summed E-state index contributed by atoms with van der Waals surface area (Å²) in [4.78, 5) is 15.6. The summed E-state index contributed by atoms with van der Waals surface area (Å²) >= 11 is 12.2. The molecule has 2 aromatic carbocycles. The lowest BCUT2D eigenvalue weighted by atomic mass is 10.0. The van der Waals surface area contributed by atoms with E-state index < -0.39 is 6.04 Å². The van der Waals surface area contributed by atoms with E-state index in [-0.39, 0.29) is 12.5 Å². The van der Waals surface area contributed by atoms with Crippen LogP contribution in [0.2, 0.25) is 10.0 Å². The molecular formula is C22H17Cl2N3O3. The second-order valence-corrected chi connectivity index (χ2v) is 7.52. The third-order valence-corrected chi connectivity index (χ3v) is 5.06. The molecule has 4 rings (SSSR count). The smallest absolute Gasteiger partial charge is 0.268 e. The molecule has 6 nitrogen and oxygen atoms in total. The molecule has 0 saturated heterocycles. The highest BCUT2D eigenvalue weighted by Crippen LogP contribution is 2.35. The first-order chi connectivity index (χ1) is 14.5. The second kappa shape index (κ2) is 8.75. The van der Waals surface area contributed by atoms with Crippen molar-refractivity contribution in [3.63, 3.8) is 0 Å². The number of hydrogen-bond donors (Lipinski definition) is 3. The Bertz CT molecular complexity index is 1150. The van der Waals surface area contributed by atoms with Crippen molar-refractivity contribution < 1.29 is 14.4 Å². The molecule has 30 heavy (non-hydrogen) atoms. The Labute approximate surface area is 182 Å². The van der Waals surface area contributed by atoms with Crippen molar-refractivity contribution >= 4 is 29.1 Å². The zero-order valence-corrected chi connectivity index (χ0v) is 17.1. The Balaban J connectivity index is 1.58. The van der Waals surface area contributed by atoms with E-state index in [1.165, 1.54) is 0 Å². The van der Waals surface area contributed by atoms with Crippen LogP contribution >= 0.6 is 23.2 Å². The lowest BCUT2D eigenvalue weighted by Gasteiger charge is -2.16. The third-order valence-electron chi connectivity index (χ3n) is 4.62. The predicted octanol–water partition coefficient (Wildman–Crippen LogP) is 5.11.